The average Bonchev–Trinajstić information content (AvgIpc) is 3.27. The fourth-order valence-corrected chi connectivity index (χ4v) is 4.92. The van der Waals surface area contributed by atoms with Crippen molar-refractivity contribution in [3.63, 3.8) is 0 Å². The maximum Gasteiger partial charge on any atom is 0.222 e. The first-order chi connectivity index (χ1) is 12.1. The van der Waals surface area contributed by atoms with Gasteiger partial charge in [0, 0.05) is 58.5 Å². The molecule has 3 aliphatic rings. The summed E-state index contributed by atoms with van der Waals surface area (Å²) in [6, 6.07) is 10.6. The number of hydrogen-bond acceptors (Lipinski definition) is 3. The van der Waals surface area contributed by atoms with E-state index in [9.17, 15) is 9.59 Å². The molecule has 134 valence electrons. The molecule has 0 radical (unpaired) electrons. The van der Waals surface area contributed by atoms with Gasteiger partial charge in [0.2, 0.25) is 11.8 Å². The van der Waals surface area contributed by atoms with Crippen molar-refractivity contribution in [2.45, 2.75) is 25.8 Å². The SMILES string of the molecule is CC(=O)N1C[C@H]2CN(CCN3CCCC3=O)C[C@H]2[C@H]1c1ccccc1. The highest BCUT2D eigenvalue weighted by atomic mass is 16.2. The van der Waals surface area contributed by atoms with E-state index in [1.54, 1.807) is 6.92 Å². The predicted molar refractivity (Wildman–Crippen MR) is 95.8 cm³/mol. The van der Waals surface area contributed by atoms with Gasteiger partial charge in [0.15, 0.2) is 0 Å². The molecule has 0 unspecified atom stereocenters. The lowest BCUT2D eigenvalue weighted by Crippen LogP contribution is -2.38. The summed E-state index contributed by atoms with van der Waals surface area (Å²) in [5, 5.41) is 0. The number of amides is 2. The van der Waals surface area contributed by atoms with E-state index in [0.29, 0.717) is 17.7 Å². The number of benzene rings is 1. The lowest BCUT2D eigenvalue weighted by atomic mass is 9.89. The summed E-state index contributed by atoms with van der Waals surface area (Å²) in [4.78, 5) is 30.5. The van der Waals surface area contributed by atoms with Gasteiger partial charge in [-0.1, -0.05) is 30.3 Å². The van der Waals surface area contributed by atoms with Gasteiger partial charge in [0.25, 0.3) is 0 Å². The lowest BCUT2D eigenvalue weighted by molar-refractivity contribution is -0.130. The van der Waals surface area contributed by atoms with Gasteiger partial charge in [0.05, 0.1) is 6.04 Å². The van der Waals surface area contributed by atoms with Crippen molar-refractivity contribution in [2.75, 3.05) is 39.3 Å². The molecule has 3 fully saturated rings. The van der Waals surface area contributed by atoms with Crippen molar-refractivity contribution in [1.29, 1.82) is 0 Å². The van der Waals surface area contributed by atoms with Gasteiger partial charge in [0.1, 0.15) is 0 Å². The summed E-state index contributed by atoms with van der Waals surface area (Å²) in [5.74, 6) is 1.53. The first kappa shape index (κ1) is 16.6. The summed E-state index contributed by atoms with van der Waals surface area (Å²) >= 11 is 0. The number of hydrogen-bond donors (Lipinski definition) is 0. The van der Waals surface area contributed by atoms with Gasteiger partial charge < -0.3 is 14.7 Å². The van der Waals surface area contributed by atoms with Crippen molar-refractivity contribution in [3.05, 3.63) is 35.9 Å². The van der Waals surface area contributed by atoms with Crippen LogP contribution in [0.4, 0.5) is 0 Å². The Hall–Kier alpha value is -1.88. The lowest BCUT2D eigenvalue weighted by Gasteiger charge is -2.29. The molecule has 5 heteroatoms. The van der Waals surface area contributed by atoms with Crippen LogP contribution in [0.3, 0.4) is 0 Å². The van der Waals surface area contributed by atoms with Crippen LogP contribution >= 0.6 is 0 Å². The van der Waals surface area contributed by atoms with E-state index in [4.69, 9.17) is 0 Å². The van der Waals surface area contributed by atoms with Crippen molar-refractivity contribution in [2.24, 2.45) is 11.8 Å². The van der Waals surface area contributed by atoms with Gasteiger partial charge >= 0.3 is 0 Å². The van der Waals surface area contributed by atoms with Crippen LogP contribution in [0.25, 0.3) is 0 Å². The highest BCUT2D eigenvalue weighted by Gasteiger charge is 2.48. The molecule has 25 heavy (non-hydrogen) atoms. The zero-order valence-corrected chi connectivity index (χ0v) is 14.9. The largest absolute Gasteiger partial charge is 0.341 e. The first-order valence-electron chi connectivity index (χ1n) is 9.46. The van der Waals surface area contributed by atoms with E-state index in [1.807, 2.05) is 11.0 Å². The molecule has 5 nitrogen and oxygen atoms in total. The Bertz CT molecular complexity index is 648. The maximum atomic E-state index is 12.1. The number of carbonyl (C=O) groups is 2. The van der Waals surface area contributed by atoms with E-state index in [-0.39, 0.29) is 11.9 Å². The standard InChI is InChI=1S/C20H27N3O2/c1-15(24)23-13-17-12-21(10-11-22-9-5-8-19(22)25)14-18(17)20(23)16-6-3-2-4-7-16/h2-4,6-7,17-18,20H,5,8-14H2,1H3/t17-,18-,20-/m1/s1. The molecule has 0 aliphatic carbocycles. The quantitative estimate of drug-likeness (QED) is 0.838. The minimum atomic E-state index is 0.178. The number of rotatable bonds is 4. The number of carbonyl (C=O) groups excluding carboxylic acids is 2. The van der Waals surface area contributed by atoms with Gasteiger partial charge in [-0.05, 0) is 17.9 Å². The predicted octanol–water partition coefficient (Wildman–Crippen LogP) is 1.76. The Labute approximate surface area is 149 Å². The molecule has 4 rings (SSSR count). The smallest absolute Gasteiger partial charge is 0.222 e. The molecule has 0 N–H and O–H groups in total. The Balaban J connectivity index is 1.43. The van der Waals surface area contributed by atoms with E-state index < -0.39 is 0 Å². The third kappa shape index (κ3) is 3.17. The summed E-state index contributed by atoms with van der Waals surface area (Å²) in [5.41, 5.74) is 1.25. The fourth-order valence-electron chi connectivity index (χ4n) is 4.92. The van der Waals surface area contributed by atoms with Crippen molar-refractivity contribution in [3.8, 4) is 0 Å². The highest BCUT2D eigenvalue weighted by Crippen LogP contribution is 2.44. The van der Waals surface area contributed by atoms with Gasteiger partial charge in [-0.25, -0.2) is 0 Å². The Morgan fingerprint density at radius 3 is 2.60 bits per heavy atom. The molecule has 0 aromatic heterocycles. The van der Waals surface area contributed by atoms with E-state index >= 15 is 0 Å². The summed E-state index contributed by atoms with van der Waals surface area (Å²) < 4.78 is 0. The van der Waals surface area contributed by atoms with Crippen LogP contribution in [0.5, 0.6) is 0 Å². The molecule has 0 bridgehead atoms. The van der Waals surface area contributed by atoms with Gasteiger partial charge in [-0.3, -0.25) is 9.59 Å². The molecule has 1 aromatic carbocycles. The molecule has 3 aliphatic heterocycles. The molecule has 0 saturated carbocycles. The summed E-state index contributed by atoms with van der Waals surface area (Å²) in [6.45, 7) is 7.34. The Kier molecular flexibility index (Phi) is 4.50. The monoisotopic (exact) mass is 341 g/mol. The van der Waals surface area contributed by atoms with E-state index in [2.05, 4.69) is 34.1 Å². The molecule has 1 aromatic rings. The molecule has 2 amide bonds. The zero-order valence-electron chi connectivity index (χ0n) is 14.9. The van der Waals surface area contributed by atoms with Crippen LogP contribution in [0.1, 0.15) is 31.4 Å². The second kappa shape index (κ2) is 6.79. The minimum absolute atomic E-state index is 0.178. The topological polar surface area (TPSA) is 43.9 Å². The van der Waals surface area contributed by atoms with Gasteiger partial charge in [-0.15, -0.1) is 0 Å². The third-order valence-electron chi connectivity index (χ3n) is 6.14. The van der Waals surface area contributed by atoms with Crippen molar-refractivity contribution in [1.82, 2.24) is 14.7 Å². The Morgan fingerprint density at radius 1 is 1.12 bits per heavy atom. The van der Waals surface area contributed by atoms with Crippen LogP contribution in [-0.2, 0) is 9.59 Å². The van der Waals surface area contributed by atoms with Crippen LogP contribution < -0.4 is 0 Å². The molecular weight excluding hydrogens is 314 g/mol. The first-order valence-corrected chi connectivity index (χ1v) is 9.46. The zero-order chi connectivity index (χ0) is 17.4. The fraction of sp³-hybridized carbons (Fsp3) is 0.600. The van der Waals surface area contributed by atoms with Crippen molar-refractivity contribution >= 4 is 11.8 Å². The Morgan fingerprint density at radius 2 is 1.92 bits per heavy atom. The second-order valence-corrected chi connectivity index (χ2v) is 7.69. The highest BCUT2D eigenvalue weighted by molar-refractivity contribution is 5.78. The van der Waals surface area contributed by atoms with Gasteiger partial charge in [-0.2, -0.15) is 0 Å². The molecule has 3 atom stereocenters. The maximum absolute atomic E-state index is 12.1. The number of nitrogens with zero attached hydrogens (tertiary/aromatic N) is 3. The summed E-state index contributed by atoms with van der Waals surface area (Å²) in [6.07, 6.45) is 1.72. The van der Waals surface area contributed by atoms with E-state index in [0.717, 1.165) is 52.1 Å². The minimum Gasteiger partial charge on any atom is -0.341 e. The van der Waals surface area contributed by atoms with Crippen LogP contribution in [0.2, 0.25) is 0 Å². The number of fused-ring (bicyclic) bond motifs is 1. The number of likely N-dealkylation sites (tertiary alicyclic amines) is 3. The van der Waals surface area contributed by atoms with Crippen LogP contribution in [0.15, 0.2) is 30.3 Å². The van der Waals surface area contributed by atoms with Crippen molar-refractivity contribution < 1.29 is 9.59 Å². The molecule has 3 heterocycles. The van der Waals surface area contributed by atoms with Crippen LogP contribution in [0, 0.1) is 11.8 Å². The van der Waals surface area contributed by atoms with Crippen LogP contribution in [-0.4, -0.2) is 65.8 Å². The molecular formula is C20H27N3O2. The molecule has 0 spiro atoms. The average molecular weight is 341 g/mol. The second-order valence-electron chi connectivity index (χ2n) is 7.69. The van der Waals surface area contributed by atoms with E-state index in [1.165, 1.54) is 5.56 Å². The third-order valence-corrected chi connectivity index (χ3v) is 6.14. The molecule has 3 saturated heterocycles. The normalized spacial score (nSPS) is 29.5. The summed E-state index contributed by atoms with van der Waals surface area (Å²) in [7, 11) is 0.